The predicted octanol–water partition coefficient (Wildman–Crippen LogP) is 4.19. The molecule has 2 aliphatic rings. The number of likely N-dealkylation sites (tertiary alicyclic amines) is 1. The second-order valence-corrected chi connectivity index (χ2v) is 8.06. The number of carbonyl (C=O) groups excluding carboxylic acids is 1. The Balaban J connectivity index is 1.38. The van der Waals surface area contributed by atoms with E-state index in [4.69, 9.17) is 9.47 Å². The fourth-order valence-corrected chi connectivity index (χ4v) is 4.03. The van der Waals surface area contributed by atoms with Gasteiger partial charge in [-0.15, -0.1) is 13.2 Å². The number of fused-ring (bicyclic) bond motifs is 1. The van der Waals surface area contributed by atoms with Gasteiger partial charge in [-0.1, -0.05) is 6.07 Å². The van der Waals surface area contributed by atoms with Gasteiger partial charge in [-0.2, -0.15) is 0 Å². The van der Waals surface area contributed by atoms with Crippen molar-refractivity contribution >= 4 is 11.7 Å². The van der Waals surface area contributed by atoms with Gasteiger partial charge in [0.25, 0.3) is 0 Å². The van der Waals surface area contributed by atoms with Gasteiger partial charge in [0.05, 0.1) is 0 Å². The quantitative estimate of drug-likeness (QED) is 0.642. The number of halogens is 3. The zero-order chi connectivity index (χ0) is 23.3. The lowest BCUT2D eigenvalue weighted by Crippen LogP contribution is -2.46. The molecule has 2 amide bonds. The molecule has 178 valence electrons. The predicted molar refractivity (Wildman–Crippen MR) is 116 cm³/mol. The molecule has 0 radical (unpaired) electrons. The molecule has 4 rings (SSSR count). The van der Waals surface area contributed by atoms with E-state index in [1.807, 2.05) is 18.2 Å². The van der Waals surface area contributed by atoms with Crippen LogP contribution in [0.5, 0.6) is 17.2 Å². The van der Waals surface area contributed by atoms with Gasteiger partial charge in [-0.05, 0) is 74.3 Å². The minimum absolute atomic E-state index is 0.168. The fourth-order valence-electron chi connectivity index (χ4n) is 4.03. The number of urea groups is 1. The fraction of sp³-hybridized carbons (Fsp3) is 0.435. The van der Waals surface area contributed by atoms with Crippen LogP contribution in [0.4, 0.5) is 23.7 Å². The van der Waals surface area contributed by atoms with Crippen LogP contribution in [0.1, 0.15) is 18.4 Å². The maximum absolute atomic E-state index is 12.6. The van der Waals surface area contributed by atoms with Gasteiger partial charge in [0, 0.05) is 18.3 Å². The van der Waals surface area contributed by atoms with Crippen molar-refractivity contribution in [3.8, 4) is 17.2 Å². The molecule has 7 nitrogen and oxygen atoms in total. The lowest BCUT2D eigenvalue weighted by atomic mass is 10.0. The van der Waals surface area contributed by atoms with Crippen molar-refractivity contribution in [2.45, 2.75) is 31.7 Å². The molecule has 1 fully saturated rings. The van der Waals surface area contributed by atoms with Gasteiger partial charge in [-0.3, -0.25) is 0 Å². The van der Waals surface area contributed by atoms with Crippen molar-refractivity contribution in [1.29, 1.82) is 0 Å². The van der Waals surface area contributed by atoms with Crippen LogP contribution in [0.3, 0.4) is 0 Å². The van der Waals surface area contributed by atoms with Gasteiger partial charge in [0.1, 0.15) is 19.0 Å². The molecule has 0 saturated carbocycles. The number of alkyl halides is 3. The largest absolute Gasteiger partial charge is 0.573 e. The molecule has 0 spiro atoms. The molecule has 2 N–H and O–H groups in total. The molecule has 0 aliphatic carbocycles. The van der Waals surface area contributed by atoms with Gasteiger partial charge < -0.3 is 29.7 Å². The summed E-state index contributed by atoms with van der Waals surface area (Å²) in [4.78, 5) is 14.9. The zero-order valence-electron chi connectivity index (χ0n) is 18.0. The van der Waals surface area contributed by atoms with Crippen LogP contribution in [0.2, 0.25) is 0 Å². The molecule has 1 saturated heterocycles. The molecule has 2 aliphatic heterocycles. The highest BCUT2D eigenvalue weighted by molar-refractivity contribution is 5.89. The molecule has 2 heterocycles. The molecule has 2 aromatic rings. The molecule has 0 aromatic heterocycles. The van der Waals surface area contributed by atoms with Gasteiger partial charge in [0.2, 0.25) is 0 Å². The number of benzene rings is 2. The van der Waals surface area contributed by atoms with Crippen LogP contribution < -0.4 is 24.8 Å². The highest BCUT2D eigenvalue weighted by Gasteiger charge is 2.31. The van der Waals surface area contributed by atoms with E-state index in [9.17, 15) is 18.0 Å². The molecular weight excluding hydrogens is 439 g/mol. The average Bonchev–Trinajstić information content (AvgIpc) is 3.27. The van der Waals surface area contributed by atoms with E-state index >= 15 is 0 Å². The third-order valence-electron chi connectivity index (χ3n) is 5.45. The van der Waals surface area contributed by atoms with Crippen molar-refractivity contribution < 1.29 is 32.2 Å². The van der Waals surface area contributed by atoms with E-state index in [1.54, 1.807) is 0 Å². The van der Waals surface area contributed by atoms with Crippen LogP contribution in [0.15, 0.2) is 42.5 Å². The Morgan fingerprint density at radius 1 is 1.03 bits per heavy atom. The summed E-state index contributed by atoms with van der Waals surface area (Å²) < 4.78 is 52.0. The van der Waals surface area contributed by atoms with Gasteiger partial charge in [-0.25, -0.2) is 4.79 Å². The van der Waals surface area contributed by atoms with Crippen LogP contribution >= 0.6 is 0 Å². The summed E-state index contributed by atoms with van der Waals surface area (Å²) in [5.74, 6) is 1.06. The number of ether oxygens (including phenoxy) is 3. The summed E-state index contributed by atoms with van der Waals surface area (Å²) >= 11 is 0. The van der Waals surface area contributed by atoms with Gasteiger partial charge in [0.15, 0.2) is 11.5 Å². The van der Waals surface area contributed by atoms with Gasteiger partial charge >= 0.3 is 12.4 Å². The third kappa shape index (κ3) is 6.92. The first-order chi connectivity index (χ1) is 15.8. The molecule has 10 heteroatoms. The highest BCUT2D eigenvalue weighted by atomic mass is 19.4. The molecule has 0 bridgehead atoms. The van der Waals surface area contributed by atoms with E-state index in [2.05, 4.69) is 20.3 Å². The number of anilines is 1. The molecule has 1 atom stereocenters. The summed E-state index contributed by atoms with van der Waals surface area (Å²) in [7, 11) is 0. The Labute approximate surface area is 189 Å². The third-order valence-corrected chi connectivity index (χ3v) is 5.45. The van der Waals surface area contributed by atoms with Crippen molar-refractivity contribution in [3.63, 3.8) is 0 Å². The number of nitrogens with one attached hydrogen (secondary N) is 2. The maximum atomic E-state index is 12.6. The topological polar surface area (TPSA) is 72.1 Å². The smallest absolute Gasteiger partial charge is 0.486 e. The molecule has 33 heavy (non-hydrogen) atoms. The van der Waals surface area contributed by atoms with E-state index in [0.29, 0.717) is 43.4 Å². The minimum Gasteiger partial charge on any atom is -0.486 e. The first-order valence-corrected chi connectivity index (χ1v) is 10.9. The first-order valence-electron chi connectivity index (χ1n) is 10.9. The Kier molecular flexibility index (Phi) is 7.12. The van der Waals surface area contributed by atoms with Crippen LogP contribution in [-0.2, 0) is 6.42 Å². The van der Waals surface area contributed by atoms with E-state index in [-0.39, 0.29) is 11.8 Å². The second kappa shape index (κ2) is 10.2. The van der Waals surface area contributed by atoms with Crippen molar-refractivity contribution in [1.82, 2.24) is 10.2 Å². The van der Waals surface area contributed by atoms with Crippen molar-refractivity contribution in [2.24, 2.45) is 0 Å². The van der Waals surface area contributed by atoms with Crippen molar-refractivity contribution in [3.05, 3.63) is 48.0 Å². The first kappa shape index (κ1) is 23.0. The normalized spacial score (nSPS) is 16.8. The van der Waals surface area contributed by atoms with Crippen LogP contribution in [0, 0.1) is 0 Å². The number of nitrogens with zero attached hydrogens (tertiary/aromatic N) is 1. The number of amides is 2. The number of hydrogen-bond donors (Lipinski definition) is 2. The van der Waals surface area contributed by atoms with E-state index in [0.717, 1.165) is 43.6 Å². The zero-order valence-corrected chi connectivity index (χ0v) is 18.0. The highest BCUT2D eigenvalue weighted by Crippen LogP contribution is 2.31. The SMILES string of the molecule is O=C(Nc1ccc(OC(F)(F)F)cc1)NC(Cc1ccc2c(c1)OCCO2)CN1CCCC1. The lowest BCUT2D eigenvalue weighted by Gasteiger charge is -2.25. The van der Waals surface area contributed by atoms with E-state index < -0.39 is 12.4 Å². The maximum Gasteiger partial charge on any atom is 0.573 e. The Hall–Kier alpha value is -3.14. The number of hydrogen-bond acceptors (Lipinski definition) is 5. The summed E-state index contributed by atoms with van der Waals surface area (Å²) in [5.41, 5.74) is 1.37. The Bertz CT molecular complexity index is 947. The number of carbonyl (C=O) groups is 1. The van der Waals surface area contributed by atoms with Crippen LogP contribution in [-0.4, -0.2) is 56.2 Å². The molecule has 2 aromatic carbocycles. The van der Waals surface area contributed by atoms with E-state index in [1.165, 1.54) is 12.1 Å². The standard InChI is InChI=1S/C23H26F3N3O4/c24-23(25,26)33-19-6-4-17(5-7-19)27-22(30)28-18(15-29-9-1-2-10-29)13-16-3-8-20-21(14-16)32-12-11-31-20/h3-8,14,18H,1-2,9-13,15H2,(H2,27,28,30). The van der Waals surface area contributed by atoms with Crippen molar-refractivity contribution in [2.75, 3.05) is 38.2 Å². The summed E-state index contributed by atoms with van der Waals surface area (Å²) in [6, 6.07) is 10.2. The molecular formula is C23H26F3N3O4. The summed E-state index contributed by atoms with van der Waals surface area (Å²) in [6.45, 7) is 3.69. The Morgan fingerprint density at radius 2 is 1.73 bits per heavy atom. The summed E-state index contributed by atoms with van der Waals surface area (Å²) in [5, 5.41) is 5.67. The summed E-state index contributed by atoms with van der Waals surface area (Å²) in [6.07, 6.45) is -1.90. The van der Waals surface area contributed by atoms with Crippen LogP contribution in [0.25, 0.3) is 0 Å². The lowest BCUT2D eigenvalue weighted by molar-refractivity contribution is -0.274. The molecule has 1 unspecified atom stereocenters. The minimum atomic E-state index is -4.76. The monoisotopic (exact) mass is 465 g/mol. The second-order valence-electron chi connectivity index (χ2n) is 8.06. The Morgan fingerprint density at radius 3 is 2.42 bits per heavy atom. The number of rotatable bonds is 7. The average molecular weight is 465 g/mol.